The van der Waals surface area contributed by atoms with E-state index in [9.17, 15) is 0 Å². The molecule has 2 rings (SSSR count). The fourth-order valence-electron chi connectivity index (χ4n) is 1.82. The van der Waals surface area contributed by atoms with Crippen LogP contribution in [0.25, 0.3) is 0 Å². The van der Waals surface area contributed by atoms with E-state index in [0.29, 0.717) is 11.3 Å². The molecule has 0 saturated heterocycles. The predicted molar refractivity (Wildman–Crippen MR) is 56.7 cm³/mol. The normalized spacial score (nSPS) is 18.1. The van der Waals surface area contributed by atoms with Crippen LogP contribution in [-0.4, -0.2) is 11.1 Å². The topological polar surface area (TPSA) is 22.1 Å². The maximum Gasteiger partial charge on any atom is 0.171 e. The first-order valence-corrected chi connectivity index (χ1v) is 5.51. The zero-order valence-corrected chi connectivity index (χ0v) is 8.83. The molecule has 0 unspecified atom stereocenters. The second-order valence-electron chi connectivity index (χ2n) is 3.67. The zero-order chi connectivity index (χ0) is 9.80. The standard InChI is InChI=1S/C11H14ClNO/c12-11-10(7-4-8-13-11)14-9-5-2-1-3-6-9/h4,7-9H,1-3,5-6H2. The molecule has 14 heavy (non-hydrogen) atoms. The molecule has 1 fully saturated rings. The smallest absolute Gasteiger partial charge is 0.171 e. The molecule has 1 aliphatic carbocycles. The molecule has 0 N–H and O–H groups in total. The lowest BCUT2D eigenvalue weighted by molar-refractivity contribution is 0.154. The van der Waals surface area contributed by atoms with Crippen LogP contribution in [0.4, 0.5) is 0 Å². The van der Waals surface area contributed by atoms with Gasteiger partial charge >= 0.3 is 0 Å². The summed E-state index contributed by atoms with van der Waals surface area (Å²) in [5.74, 6) is 0.723. The maximum atomic E-state index is 5.91. The fraction of sp³-hybridized carbons (Fsp3) is 0.545. The average Bonchev–Trinajstić information content (AvgIpc) is 2.23. The third kappa shape index (κ3) is 2.38. The van der Waals surface area contributed by atoms with Crippen LogP contribution < -0.4 is 4.74 Å². The van der Waals surface area contributed by atoms with E-state index in [-0.39, 0.29) is 0 Å². The van der Waals surface area contributed by atoms with E-state index in [1.54, 1.807) is 6.20 Å². The molecular weight excluding hydrogens is 198 g/mol. The molecule has 1 heterocycles. The van der Waals surface area contributed by atoms with Gasteiger partial charge in [-0.1, -0.05) is 18.0 Å². The van der Waals surface area contributed by atoms with Gasteiger partial charge < -0.3 is 4.74 Å². The first-order chi connectivity index (χ1) is 6.86. The Kier molecular flexibility index (Phi) is 3.25. The van der Waals surface area contributed by atoms with E-state index in [4.69, 9.17) is 16.3 Å². The summed E-state index contributed by atoms with van der Waals surface area (Å²) in [7, 11) is 0. The van der Waals surface area contributed by atoms with Gasteiger partial charge in [0.05, 0.1) is 6.10 Å². The average molecular weight is 212 g/mol. The fourth-order valence-corrected chi connectivity index (χ4v) is 1.99. The largest absolute Gasteiger partial charge is 0.487 e. The van der Waals surface area contributed by atoms with Crippen molar-refractivity contribution < 1.29 is 4.74 Å². The molecule has 0 amide bonds. The Morgan fingerprint density at radius 2 is 2.07 bits per heavy atom. The molecule has 3 heteroatoms. The third-order valence-corrected chi connectivity index (χ3v) is 2.85. The van der Waals surface area contributed by atoms with Crippen molar-refractivity contribution in [2.24, 2.45) is 0 Å². The minimum Gasteiger partial charge on any atom is -0.487 e. The molecule has 1 aliphatic rings. The highest BCUT2D eigenvalue weighted by atomic mass is 35.5. The number of rotatable bonds is 2. The minimum atomic E-state index is 0.338. The van der Waals surface area contributed by atoms with Gasteiger partial charge in [-0.25, -0.2) is 4.98 Å². The van der Waals surface area contributed by atoms with Gasteiger partial charge in [0.25, 0.3) is 0 Å². The molecular formula is C11H14ClNO. The SMILES string of the molecule is Clc1ncccc1OC1CCCCC1. The van der Waals surface area contributed by atoms with Crippen molar-refractivity contribution >= 4 is 11.6 Å². The monoisotopic (exact) mass is 211 g/mol. The van der Waals surface area contributed by atoms with Crippen molar-refractivity contribution in [3.8, 4) is 5.75 Å². The summed E-state index contributed by atoms with van der Waals surface area (Å²) < 4.78 is 5.79. The second-order valence-corrected chi connectivity index (χ2v) is 4.03. The molecule has 1 saturated carbocycles. The molecule has 0 radical (unpaired) electrons. The van der Waals surface area contributed by atoms with Crippen molar-refractivity contribution in [1.29, 1.82) is 0 Å². The summed E-state index contributed by atoms with van der Waals surface area (Å²) in [6, 6.07) is 3.73. The molecule has 0 aliphatic heterocycles. The van der Waals surface area contributed by atoms with Gasteiger partial charge in [0.1, 0.15) is 0 Å². The van der Waals surface area contributed by atoms with Gasteiger partial charge in [0, 0.05) is 6.20 Å². The van der Waals surface area contributed by atoms with Crippen LogP contribution in [0.2, 0.25) is 5.15 Å². The van der Waals surface area contributed by atoms with E-state index >= 15 is 0 Å². The Labute approximate surface area is 89.3 Å². The van der Waals surface area contributed by atoms with Gasteiger partial charge in [0.15, 0.2) is 10.9 Å². The van der Waals surface area contributed by atoms with Crippen LogP contribution in [0.1, 0.15) is 32.1 Å². The Bertz CT molecular complexity index is 297. The number of ether oxygens (including phenoxy) is 1. The summed E-state index contributed by atoms with van der Waals surface area (Å²) in [5, 5.41) is 0.470. The summed E-state index contributed by atoms with van der Waals surface area (Å²) in [5.41, 5.74) is 0. The first kappa shape index (κ1) is 9.78. The Hall–Kier alpha value is -0.760. The lowest BCUT2D eigenvalue weighted by Gasteiger charge is -2.23. The summed E-state index contributed by atoms with van der Waals surface area (Å²) >= 11 is 5.91. The van der Waals surface area contributed by atoms with E-state index in [1.165, 1.54) is 19.3 Å². The Balaban J connectivity index is 1.99. The van der Waals surface area contributed by atoms with Crippen LogP contribution in [0.15, 0.2) is 18.3 Å². The van der Waals surface area contributed by atoms with Gasteiger partial charge in [0.2, 0.25) is 0 Å². The summed E-state index contributed by atoms with van der Waals surface area (Å²) in [6.07, 6.45) is 8.17. The molecule has 0 aromatic carbocycles. The lowest BCUT2D eigenvalue weighted by Crippen LogP contribution is -2.19. The van der Waals surface area contributed by atoms with Gasteiger partial charge in [-0.15, -0.1) is 0 Å². The van der Waals surface area contributed by atoms with Crippen LogP contribution in [0, 0.1) is 0 Å². The van der Waals surface area contributed by atoms with Crippen molar-refractivity contribution in [3.63, 3.8) is 0 Å². The number of halogens is 1. The van der Waals surface area contributed by atoms with Crippen LogP contribution in [0.3, 0.4) is 0 Å². The number of aromatic nitrogens is 1. The predicted octanol–water partition coefficient (Wildman–Crippen LogP) is 3.45. The molecule has 1 aromatic rings. The van der Waals surface area contributed by atoms with Crippen molar-refractivity contribution in [1.82, 2.24) is 4.98 Å². The number of hydrogen-bond acceptors (Lipinski definition) is 2. The highest BCUT2D eigenvalue weighted by Gasteiger charge is 2.15. The van der Waals surface area contributed by atoms with Crippen molar-refractivity contribution in [2.45, 2.75) is 38.2 Å². The number of nitrogens with zero attached hydrogens (tertiary/aromatic N) is 1. The van der Waals surface area contributed by atoms with E-state index in [0.717, 1.165) is 18.6 Å². The van der Waals surface area contributed by atoms with Crippen LogP contribution in [0.5, 0.6) is 5.75 Å². The van der Waals surface area contributed by atoms with E-state index < -0.39 is 0 Å². The number of pyridine rings is 1. The summed E-state index contributed by atoms with van der Waals surface area (Å²) in [6.45, 7) is 0. The highest BCUT2D eigenvalue weighted by Crippen LogP contribution is 2.26. The van der Waals surface area contributed by atoms with Crippen molar-refractivity contribution in [2.75, 3.05) is 0 Å². The van der Waals surface area contributed by atoms with E-state index in [2.05, 4.69) is 4.98 Å². The molecule has 0 spiro atoms. The van der Waals surface area contributed by atoms with Crippen LogP contribution in [-0.2, 0) is 0 Å². The minimum absolute atomic E-state index is 0.338. The highest BCUT2D eigenvalue weighted by molar-refractivity contribution is 6.30. The zero-order valence-electron chi connectivity index (χ0n) is 8.08. The first-order valence-electron chi connectivity index (χ1n) is 5.13. The van der Waals surface area contributed by atoms with Gasteiger partial charge in [-0.2, -0.15) is 0 Å². The summed E-state index contributed by atoms with van der Waals surface area (Å²) in [4.78, 5) is 3.99. The Morgan fingerprint density at radius 3 is 2.79 bits per heavy atom. The maximum absolute atomic E-state index is 5.91. The molecule has 1 aromatic heterocycles. The molecule has 0 bridgehead atoms. The Morgan fingerprint density at radius 1 is 1.29 bits per heavy atom. The van der Waals surface area contributed by atoms with Gasteiger partial charge in [-0.05, 0) is 37.8 Å². The van der Waals surface area contributed by atoms with Gasteiger partial charge in [-0.3, -0.25) is 0 Å². The quantitative estimate of drug-likeness (QED) is 0.700. The van der Waals surface area contributed by atoms with E-state index in [1.807, 2.05) is 12.1 Å². The third-order valence-electron chi connectivity index (χ3n) is 2.57. The van der Waals surface area contributed by atoms with Crippen molar-refractivity contribution in [3.05, 3.63) is 23.5 Å². The van der Waals surface area contributed by atoms with Crippen LogP contribution >= 0.6 is 11.6 Å². The second kappa shape index (κ2) is 4.65. The number of hydrogen-bond donors (Lipinski definition) is 0. The molecule has 2 nitrogen and oxygen atoms in total. The molecule has 0 atom stereocenters. The molecule has 76 valence electrons. The lowest BCUT2D eigenvalue weighted by atomic mass is 9.98.